The lowest BCUT2D eigenvalue weighted by Crippen LogP contribution is -2.35. The maximum absolute atomic E-state index is 13.6. The van der Waals surface area contributed by atoms with Crippen molar-refractivity contribution < 1.29 is 36.1 Å². The fourth-order valence-corrected chi connectivity index (χ4v) is 2.59. The molecule has 156 valence electrons. The number of rotatable bonds is 3. The Hall–Kier alpha value is -3.47. The molecule has 0 radical (unpaired) electrons. The van der Waals surface area contributed by atoms with Crippen LogP contribution in [0, 0.1) is 11.6 Å². The van der Waals surface area contributed by atoms with Crippen LogP contribution in [0.5, 0.6) is 0 Å². The second-order valence-electron chi connectivity index (χ2n) is 5.75. The highest BCUT2D eigenvalue weighted by Crippen LogP contribution is 2.36. The fraction of sp³-hybridized carbons (Fsp3) is 0.0556. The number of benzene rings is 2. The molecule has 1 aromatic heterocycles. The van der Waals surface area contributed by atoms with E-state index in [0.717, 1.165) is 42.5 Å². The number of imide groups is 1. The predicted molar refractivity (Wildman–Crippen MR) is 94.8 cm³/mol. The topological polar surface area (TPSA) is 84.2 Å². The summed E-state index contributed by atoms with van der Waals surface area (Å²) in [5, 5.41) is 6.92. The van der Waals surface area contributed by atoms with Gasteiger partial charge in [0.15, 0.2) is 11.6 Å². The highest BCUT2D eigenvalue weighted by molar-refractivity contribution is 6.35. The van der Waals surface area contributed by atoms with Crippen molar-refractivity contribution >= 4 is 29.4 Å². The van der Waals surface area contributed by atoms with Crippen LogP contribution in [0.4, 0.5) is 32.6 Å². The summed E-state index contributed by atoms with van der Waals surface area (Å²) in [5.41, 5.74) is -1.72. The van der Waals surface area contributed by atoms with E-state index in [-0.39, 0.29) is 22.2 Å². The minimum absolute atomic E-state index is 0.137. The second kappa shape index (κ2) is 8.11. The molecule has 0 saturated heterocycles. The van der Waals surface area contributed by atoms with Crippen LogP contribution in [0.25, 0.3) is 11.3 Å². The number of hydrogen-bond acceptors (Lipinski definition) is 4. The van der Waals surface area contributed by atoms with Gasteiger partial charge in [-0.15, -0.1) is 0 Å². The fourth-order valence-electron chi connectivity index (χ4n) is 2.37. The van der Waals surface area contributed by atoms with Gasteiger partial charge in [-0.2, -0.15) is 13.2 Å². The number of anilines is 1. The summed E-state index contributed by atoms with van der Waals surface area (Å²) < 4.78 is 70.0. The number of nitrogens with zero attached hydrogens (tertiary/aromatic N) is 1. The van der Waals surface area contributed by atoms with Crippen LogP contribution in [0.15, 0.2) is 47.0 Å². The van der Waals surface area contributed by atoms with Crippen LogP contribution < -0.4 is 10.6 Å². The molecule has 12 heteroatoms. The van der Waals surface area contributed by atoms with Crippen molar-refractivity contribution in [3.05, 3.63) is 70.2 Å². The van der Waals surface area contributed by atoms with E-state index in [2.05, 4.69) is 5.16 Å². The highest BCUT2D eigenvalue weighted by Gasteiger charge is 2.30. The van der Waals surface area contributed by atoms with E-state index in [9.17, 15) is 31.5 Å². The van der Waals surface area contributed by atoms with Crippen molar-refractivity contribution in [2.45, 2.75) is 6.18 Å². The molecule has 0 fully saturated rings. The van der Waals surface area contributed by atoms with Crippen LogP contribution in [0.2, 0.25) is 5.02 Å². The summed E-state index contributed by atoms with van der Waals surface area (Å²) in [6.07, 6.45) is -4.53. The highest BCUT2D eigenvalue weighted by atomic mass is 35.5. The van der Waals surface area contributed by atoms with Crippen molar-refractivity contribution in [2.24, 2.45) is 0 Å². The number of hydrogen-bond donors (Lipinski definition) is 2. The van der Waals surface area contributed by atoms with Crippen LogP contribution in [0.3, 0.4) is 0 Å². The lowest BCUT2D eigenvalue weighted by Gasteiger charge is -2.07. The summed E-state index contributed by atoms with van der Waals surface area (Å²) in [6, 6.07) is 5.26. The summed E-state index contributed by atoms with van der Waals surface area (Å²) in [4.78, 5) is 23.8. The number of carbonyl (C=O) groups is 2. The number of urea groups is 1. The Morgan fingerprint density at radius 2 is 1.60 bits per heavy atom. The minimum Gasteiger partial charge on any atom is -0.352 e. The lowest BCUT2D eigenvalue weighted by atomic mass is 10.1. The first-order valence-corrected chi connectivity index (χ1v) is 8.35. The van der Waals surface area contributed by atoms with Gasteiger partial charge >= 0.3 is 12.2 Å². The third-order valence-corrected chi connectivity index (χ3v) is 4.11. The largest absolute Gasteiger partial charge is 0.416 e. The number of amides is 3. The first-order chi connectivity index (χ1) is 14.1. The maximum Gasteiger partial charge on any atom is 0.416 e. The zero-order valence-corrected chi connectivity index (χ0v) is 15.2. The van der Waals surface area contributed by atoms with E-state index >= 15 is 0 Å². The summed E-state index contributed by atoms with van der Waals surface area (Å²) in [6.45, 7) is 0. The van der Waals surface area contributed by atoms with Crippen LogP contribution >= 0.6 is 11.6 Å². The third kappa shape index (κ3) is 4.40. The predicted octanol–water partition coefficient (Wildman–Crippen LogP) is 5.25. The van der Waals surface area contributed by atoms with Gasteiger partial charge in [0, 0.05) is 5.56 Å². The number of halogens is 6. The Bertz CT molecular complexity index is 1090. The molecule has 3 amide bonds. The second-order valence-corrected chi connectivity index (χ2v) is 6.13. The van der Waals surface area contributed by atoms with E-state index in [4.69, 9.17) is 16.1 Å². The Balaban J connectivity index is 1.73. The average Bonchev–Trinajstić information content (AvgIpc) is 3.01. The van der Waals surface area contributed by atoms with Gasteiger partial charge in [-0.1, -0.05) is 35.0 Å². The van der Waals surface area contributed by atoms with Gasteiger partial charge in [0.25, 0.3) is 5.91 Å². The molecule has 0 atom stereocenters. The first-order valence-electron chi connectivity index (χ1n) is 7.97. The summed E-state index contributed by atoms with van der Waals surface area (Å²) >= 11 is 6.01. The number of alkyl halides is 3. The molecule has 2 aromatic carbocycles. The normalized spacial score (nSPS) is 11.3. The number of carbonyl (C=O) groups excluding carboxylic acids is 2. The molecule has 6 nitrogen and oxygen atoms in total. The molecule has 3 rings (SSSR count). The Morgan fingerprint density at radius 3 is 2.17 bits per heavy atom. The Kier molecular flexibility index (Phi) is 5.74. The van der Waals surface area contributed by atoms with Gasteiger partial charge < -0.3 is 4.52 Å². The van der Waals surface area contributed by atoms with E-state index in [1.54, 1.807) is 5.32 Å². The molecular weight excluding hydrogens is 437 g/mol. The molecule has 3 aromatic rings. The minimum atomic E-state index is -4.53. The van der Waals surface area contributed by atoms with Crippen LogP contribution in [-0.4, -0.2) is 17.1 Å². The monoisotopic (exact) mass is 445 g/mol. The van der Waals surface area contributed by atoms with E-state index in [1.807, 2.05) is 5.32 Å². The van der Waals surface area contributed by atoms with Gasteiger partial charge in [0.1, 0.15) is 22.2 Å². The van der Waals surface area contributed by atoms with Crippen LogP contribution in [-0.2, 0) is 6.18 Å². The van der Waals surface area contributed by atoms with Crippen molar-refractivity contribution in [3.63, 3.8) is 0 Å². The van der Waals surface area contributed by atoms with Crippen molar-refractivity contribution in [2.75, 3.05) is 5.32 Å². The lowest BCUT2D eigenvalue weighted by molar-refractivity contribution is -0.137. The third-order valence-electron chi connectivity index (χ3n) is 3.76. The van der Waals surface area contributed by atoms with E-state index < -0.39 is 40.9 Å². The molecule has 0 aliphatic rings. The molecule has 0 spiro atoms. The zero-order valence-electron chi connectivity index (χ0n) is 14.5. The molecule has 1 heterocycles. The van der Waals surface area contributed by atoms with Gasteiger partial charge in [-0.05, 0) is 24.3 Å². The molecule has 0 unspecified atom stereocenters. The van der Waals surface area contributed by atoms with E-state index in [1.165, 1.54) is 0 Å². The van der Waals surface area contributed by atoms with Gasteiger partial charge in [-0.25, -0.2) is 13.6 Å². The summed E-state index contributed by atoms with van der Waals surface area (Å²) in [5.74, 6) is -4.22. The van der Waals surface area contributed by atoms with Gasteiger partial charge in [0.2, 0.25) is 0 Å². The van der Waals surface area contributed by atoms with Gasteiger partial charge in [0.05, 0.1) is 5.56 Å². The molecule has 0 aliphatic carbocycles. The molecule has 0 bridgehead atoms. The first kappa shape index (κ1) is 21.2. The smallest absolute Gasteiger partial charge is 0.352 e. The quantitative estimate of drug-likeness (QED) is 0.539. The Labute approximate surface area is 169 Å². The number of nitrogens with one attached hydrogen (secondary N) is 2. The van der Waals surface area contributed by atoms with Crippen molar-refractivity contribution in [1.29, 1.82) is 0 Å². The van der Waals surface area contributed by atoms with Crippen molar-refractivity contribution in [1.82, 2.24) is 10.5 Å². The molecule has 0 aliphatic heterocycles. The SMILES string of the molecule is O=C(NC(=O)c1c(F)cccc1F)Nc1noc(-c2ccc(C(F)(F)F)cc2)c1Cl. The molecule has 30 heavy (non-hydrogen) atoms. The number of aromatic nitrogens is 1. The standard InChI is InChI=1S/C18H9ClF5N3O3/c19-13-14(8-4-6-9(7-5-8)18(22,23)24)30-27-15(13)25-17(29)26-16(28)12-10(20)2-1-3-11(12)21/h1-7H,(H2,25,26,27,28,29). The molecule has 0 saturated carbocycles. The van der Waals surface area contributed by atoms with Crippen molar-refractivity contribution in [3.8, 4) is 11.3 Å². The summed E-state index contributed by atoms with van der Waals surface area (Å²) in [7, 11) is 0. The Morgan fingerprint density at radius 1 is 1.00 bits per heavy atom. The average molecular weight is 446 g/mol. The molecular formula is C18H9ClF5N3O3. The van der Waals surface area contributed by atoms with Gasteiger partial charge in [-0.3, -0.25) is 15.4 Å². The maximum atomic E-state index is 13.6. The van der Waals surface area contributed by atoms with E-state index in [0.29, 0.717) is 0 Å². The zero-order chi connectivity index (χ0) is 22.1. The van der Waals surface area contributed by atoms with Crippen LogP contribution in [0.1, 0.15) is 15.9 Å². The molecule has 2 N–H and O–H groups in total.